The summed E-state index contributed by atoms with van der Waals surface area (Å²) in [5.74, 6) is 0.470. The van der Waals surface area contributed by atoms with Crippen molar-refractivity contribution in [3.63, 3.8) is 0 Å². The summed E-state index contributed by atoms with van der Waals surface area (Å²) in [4.78, 5) is 15.1. The number of aromatic nitrogens is 6. The van der Waals surface area contributed by atoms with Gasteiger partial charge < -0.3 is 14.4 Å². The van der Waals surface area contributed by atoms with Gasteiger partial charge >= 0.3 is 5.97 Å². The number of aryl methyl sites for hydroxylation is 1. The van der Waals surface area contributed by atoms with E-state index in [2.05, 4.69) is 25.4 Å². The van der Waals surface area contributed by atoms with E-state index >= 15 is 0 Å². The first-order valence-corrected chi connectivity index (χ1v) is 9.24. The highest BCUT2D eigenvalue weighted by Crippen LogP contribution is 2.32. The molecule has 0 atom stereocenters. The van der Waals surface area contributed by atoms with Crippen LogP contribution in [-0.2, 0) is 12.0 Å². The van der Waals surface area contributed by atoms with Gasteiger partial charge in [0.2, 0.25) is 11.7 Å². The Bertz CT molecular complexity index is 1220. The fraction of sp³-hybridized carbons (Fsp3) is 0.300. The molecule has 0 aliphatic carbocycles. The molecule has 10 heteroatoms. The molecule has 10 nitrogen and oxygen atoms in total. The first kappa shape index (κ1) is 19.5. The van der Waals surface area contributed by atoms with Crippen molar-refractivity contribution < 1.29 is 19.2 Å². The third kappa shape index (κ3) is 3.71. The Kier molecular flexibility index (Phi) is 4.69. The van der Waals surface area contributed by atoms with Crippen molar-refractivity contribution in [3.8, 4) is 17.4 Å². The van der Waals surface area contributed by atoms with Gasteiger partial charge in [-0.15, -0.1) is 15.3 Å². The maximum atomic E-state index is 11.0. The monoisotopic (exact) mass is 408 g/mol. The van der Waals surface area contributed by atoms with Gasteiger partial charge in [0.25, 0.3) is 0 Å². The second-order valence-corrected chi connectivity index (χ2v) is 7.86. The molecule has 0 saturated carbocycles. The van der Waals surface area contributed by atoms with Crippen LogP contribution in [0.1, 0.15) is 48.1 Å². The first-order chi connectivity index (χ1) is 14.2. The van der Waals surface area contributed by atoms with E-state index in [0.29, 0.717) is 34.5 Å². The minimum atomic E-state index is -1.03. The Morgan fingerprint density at radius 2 is 2.03 bits per heavy atom. The van der Waals surface area contributed by atoms with Crippen molar-refractivity contribution in [1.82, 2.24) is 30.0 Å². The minimum Gasteiger partial charge on any atom is -0.478 e. The molecule has 0 aromatic carbocycles. The fourth-order valence-electron chi connectivity index (χ4n) is 2.87. The second-order valence-electron chi connectivity index (χ2n) is 7.86. The van der Waals surface area contributed by atoms with Crippen molar-refractivity contribution >= 4 is 11.6 Å². The highest BCUT2D eigenvalue weighted by molar-refractivity contribution is 5.87. The lowest BCUT2D eigenvalue weighted by Crippen LogP contribution is -2.16. The number of nitrogens with zero attached hydrogens (tertiary/aromatic N) is 6. The quantitative estimate of drug-likeness (QED) is 0.529. The number of hydrogen-bond donors (Lipinski definition) is 1. The van der Waals surface area contributed by atoms with Crippen LogP contribution in [0.15, 0.2) is 35.0 Å². The lowest BCUT2D eigenvalue weighted by Gasteiger charge is -2.21. The number of carboxylic acids is 1. The second kappa shape index (κ2) is 7.21. The Balaban J connectivity index is 1.71. The lowest BCUT2D eigenvalue weighted by atomic mass is 9.88. The minimum absolute atomic E-state index is 0.116. The van der Waals surface area contributed by atoms with Gasteiger partial charge in [-0.1, -0.05) is 25.9 Å². The van der Waals surface area contributed by atoms with Crippen LogP contribution in [0.5, 0.6) is 5.88 Å². The van der Waals surface area contributed by atoms with Crippen molar-refractivity contribution in [1.29, 1.82) is 0 Å². The highest BCUT2D eigenvalue weighted by atomic mass is 16.5. The molecule has 4 aromatic heterocycles. The zero-order chi connectivity index (χ0) is 21.5. The summed E-state index contributed by atoms with van der Waals surface area (Å²) >= 11 is 0. The summed E-state index contributed by atoms with van der Waals surface area (Å²) in [6, 6.07) is 6.73. The van der Waals surface area contributed by atoms with E-state index in [-0.39, 0.29) is 17.6 Å². The molecule has 4 heterocycles. The lowest BCUT2D eigenvalue weighted by molar-refractivity contribution is 0.0696. The fourth-order valence-corrected chi connectivity index (χ4v) is 2.87. The Morgan fingerprint density at radius 1 is 1.23 bits per heavy atom. The number of hydrogen-bond acceptors (Lipinski definition) is 8. The SMILES string of the molecule is Cc1cc(-c2nnc3cc(C(C)(C)C)c(OCc4ccc(C(=O)O)cn4)nn23)no1. The molecule has 0 bridgehead atoms. The van der Waals surface area contributed by atoms with Gasteiger partial charge in [0.1, 0.15) is 12.4 Å². The molecule has 0 radical (unpaired) electrons. The first-order valence-electron chi connectivity index (χ1n) is 9.24. The maximum absolute atomic E-state index is 11.0. The molecule has 30 heavy (non-hydrogen) atoms. The maximum Gasteiger partial charge on any atom is 0.337 e. The van der Waals surface area contributed by atoms with Crippen molar-refractivity contribution in [3.05, 3.63) is 53.0 Å². The van der Waals surface area contributed by atoms with Crippen molar-refractivity contribution in [2.24, 2.45) is 0 Å². The molecule has 1 N–H and O–H groups in total. The van der Waals surface area contributed by atoms with E-state index in [0.717, 1.165) is 5.56 Å². The van der Waals surface area contributed by atoms with Gasteiger partial charge in [-0.3, -0.25) is 4.98 Å². The smallest absolute Gasteiger partial charge is 0.337 e. The molecular weight excluding hydrogens is 388 g/mol. The third-order valence-corrected chi connectivity index (χ3v) is 4.45. The summed E-state index contributed by atoms with van der Waals surface area (Å²) in [6.07, 6.45) is 1.30. The summed E-state index contributed by atoms with van der Waals surface area (Å²) in [5.41, 5.74) is 2.37. The van der Waals surface area contributed by atoms with Crippen LogP contribution < -0.4 is 4.74 Å². The number of fused-ring (bicyclic) bond motifs is 1. The number of pyridine rings is 1. The Hall–Kier alpha value is -3.82. The largest absolute Gasteiger partial charge is 0.478 e. The van der Waals surface area contributed by atoms with Crippen LogP contribution in [0.2, 0.25) is 0 Å². The topological polar surface area (TPSA) is 129 Å². The molecule has 0 unspecified atom stereocenters. The zero-order valence-corrected chi connectivity index (χ0v) is 16.9. The predicted octanol–water partition coefficient (Wildman–Crippen LogP) is 3.06. The molecular formula is C20H20N6O4. The summed E-state index contributed by atoms with van der Waals surface area (Å²) < 4.78 is 12.7. The zero-order valence-electron chi connectivity index (χ0n) is 16.9. The standard InChI is InChI=1S/C20H20N6O4/c1-11-7-15(25-30-11)17-23-22-16-8-14(20(2,3)4)18(24-26(16)17)29-10-13-6-5-12(9-21-13)19(27)28/h5-9H,10H2,1-4H3,(H,27,28). The van der Waals surface area contributed by atoms with Crippen molar-refractivity contribution in [2.45, 2.75) is 39.7 Å². The molecule has 4 rings (SSSR count). The van der Waals surface area contributed by atoms with Crippen molar-refractivity contribution in [2.75, 3.05) is 0 Å². The molecule has 154 valence electrons. The van der Waals surface area contributed by atoms with Crippen LogP contribution in [0, 0.1) is 6.92 Å². The number of carbonyl (C=O) groups is 1. The van der Waals surface area contributed by atoms with E-state index in [4.69, 9.17) is 14.4 Å². The Morgan fingerprint density at radius 3 is 2.63 bits per heavy atom. The highest BCUT2D eigenvalue weighted by Gasteiger charge is 2.24. The molecule has 0 aliphatic heterocycles. The molecule has 4 aromatic rings. The number of carboxylic acid groups (broad SMARTS) is 1. The molecule has 0 spiro atoms. The summed E-state index contributed by atoms with van der Waals surface area (Å²) in [7, 11) is 0. The predicted molar refractivity (Wildman–Crippen MR) is 105 cm³/mol. The molecule has 0 amide bonds. The van der Waals surface area contributed by atoms with E-state index in [1.54, 1.807) is 23.6 Å². The van der Waals surface area contributed by atoms with Gasteiger partial charge in [0, 0.05) is 17.8 Å². The molecule has 0 aliphatic rings. The third-order valence-electron chi connectivity index (χ3n) is 4.45. The van der Waals surface area contributed by atoms with Crippen LogP contribution in [0.4, 0.5) is 0 Å². The average Bonchev–Trinajstić information content (AvgIpc) is 3.30. The molecule has 0 saturated heterocycles. The van der Waals surface area contributed by atoms with Gasteiger partial charge in [-0.2, -0.15) is 4.52 Å². The van der Waals surface area contributed by atoms with Gasteiger partial charge in [-0.25, -0.2) is 4.79 Å². The van der Waals surface area contributed by atoms with Crippen LogP contribution in [0.3, 0.4) is 0 Å². The number of rotatable bonds is 5. The number of ether oxygens (including phenoxy) is 1. The van der Waals surface area contributed by atoms with E-state index in [1.807, 2.05) is 26.8 Å². The Labute approximate surface area is 171 Å². The van der Waals surface area contributed by atoms with Gasteiger partial charge in [0.15, 0.2) is 11.3 Å². The van der Waals surface area contributed by atoms with Gasteiger partial charge in [0.05, 0.1) is 11.3 Å². The molecule has 0 fully saturated rings. The van der Waals surface area contributed by atoms with Crippen LogP contribution in [-0.4, -0.2) is 41.0 Å². The summed E-state index contributed by atoms with van der Waals surface area (Å²) in [6.45, 7) is 8.06. The van der Waals surface area contributed by atoms with E-state index in [1.165, 1.54) is 12.3 Å². The normalized spacial score (nSPS) is 11.7. The van der Waals surface area contributed by atoms with Crippen LogP contribution >= 0.6 is 0 Å². The summed E-state index contributed by atoms with van der Waals surface area (Å²) in [5, 5.41) is 26.0. The average molecular weight is 408 g/mol. The number of aromatic carboxylic acids is 1. The van der Waals surface area contributed by atoms with Crippen LogP contribution in [0.25, 0.3) is 17.2 Å². The van der Waals surface area contributed by atoms with E-state index in [9.17, 15) is 4.79 Å². The van der Waals surface area contributed by atoms with Gasteiger partial charge in [-0.05, 0) is 30.5 Å². The van der Waals surface area contributed by atoms with E-state index < -0.39 is 5.97 Å².